The lowest BCUT2D eigenvalue weighted by Crippen LogP contribution is -1.87. The molecule has 0 amide bonds. The topological polar surface area (TPSA) is 9.23 Å². The Labute approximate surface area is 125 Å². The summed E-state index contributed by atoms with van der Waals surface area (Å²) in [6.45, 7) is 0. The van der Waals surface area contributed by atoms with Crippen molar-refractivity contribution in [3.8, 4) is 16.9 Å². The molecule has 0 spiro atoms. The number of halogens is 4. The van der Waals surface area contributed by atoms with Gasteiger partial charge in [0.05, 0.1) is 27.2 Å². The van der Waals surface area contributed by atoms with Gasteiger partial charge in [0.1, 0.15) is 5.75 Å². The molecule has 0 saturated carbocycles. The van der Waals surface area contributed by atoms with Crippen LogP contribution >= 0.6 is 46.4 Å². The van der Waals surface area contributed by atoms with E-state index in [1.807, 2.05) is 6.07 Å². The van der Waals surface area contributed by atoms with Crippen molar-refractivity contribution >= 4 is 46.4 Å². The molecule has 0 N–H and O–H groups in total. The Bertz CT molecular complexity index is 596. The van der Waals surface area contributed by atoms with Crippen LogP contribution in [0.2, 0.25) is 20.1 Å². The highest BCUT2D eigenvalue weighted by Gasteiger charge is 2.12. The number of methoxy groups -OCH3 is 1. The van der Waals surface area contributed by atoms with Crippen LogP contribution < -0.4 is 4.74 Å². The lowest BCUT2D eigenvalue weighted by atomic mass is 10.1. The fourth-order valence-corrected chi connectivity index (χ4v) is 2.42. The molecule has 1 nitrogen and oxygen atoms in total. The zero-order chi connectivity index (χ0) is 13.3. The molecular weight excluding hydrogens is 314 g/mol. The van der Waals surface area contributed by atoms with E-state index < -0.39 is 0 Å². The van der Waals surface area contributed by atoms with E-state index in [-0.39, 0.29) is 0 Å². The van der Waals surface area contributed by atoms with Crippen LogP contribution in [0.4, 0.5) is 0 Å². The lowest BCUT2D eigenvalue weighted by molar-refractivity contribution is 0.415. The molecule has 94 valence electrons. The predicted molar refractivity (Wildman–Crippen MR) is 78.5 cm³/mol. The Morgan fingerprint density at radius 3 is 2.17 bits per heavy atom. The summed E-state index contributed by atoms with van der Waals surface area (Å²) in [5, 5.41) is 1.71. The first-order chi connectivity index (χ1) is 8.54. The number of hydrogen-bond donors (Lipinski definition) is 0. The molecule has 0 radical (unpaired) electrons. The average Bonchev–Trinajstić information content (AvgIpc) is 2.37. The van der Waals surface area contributed by atoms with Crippen molar-refractivity contribution in [3.63, 3.8) is 0 Å². The Balaban J connectivity index is 2.59. The molecule has 2 aromatic carbocycles. The molecule has 18 heavy (non-hydrogen) atoms. The molecule has 0 atom stereocenters. The van der Waals surface area contributed by atoms with Crippen molar-refractivity contribution < 1.29 is 4.74 Å². The standard InChI is InChI=1S/C13H8Cl4O/c1-18-11-6-7(2-4-9(11)14)8-3-5-10(15)13(17)12(8)16/h2-6H,1H3. The summed E-state index contributed by atoms with van der Waals surface area (Å²) >= 11 is 24.1. The Kier molecular flexibility index (Phi) is 4.29. The van der Waals surface area contributed by atoms with E-state index in [0.717, 1.165) is 11.1 Å². The Morgan fingerprint density at radius 2 is 1.50 bits per heavy atom. The SMILES string of the molecule is COc1cc(-c2ccc(Cl)c(Cl)c2Cl)ccc1Cl. The van der Waals surface area contributed by atoms with Crippen LogP contribution in [-0.2, 0) is 0 Å². The van der Waals surface area contributed by atoms with Gasteiger partial charge in [-0.25, -0.2) is 0 Å². The van der Waals surface area contributed by atoms with Crippen molar-refractivity contribution in [2.45, 2.75) is 0 Å². The molecule has 0 unspecified atom stereocenters. The van der Waals surface area contributed by atoms with Gasteiger partial charge in [0.2, 0.25) is 0 Å². The van der Waals surface area contributed by atoms with Crippen LogP contribution in [0.15, 0.2) is 30.3 Å². The molecule has 0 aliphatic carbocycles. The summed E-state index contributed by atoms with van der Waals surface area (Å²) in [5.74, 6) is 0.580. The van der Waals surface area contributed by atoms with Crippen LogP contribution in [-0.4, -0.2) is 7.11 Å². The molecule has 0 aliphatic rings. The third kappa shape index (κ3) is 2.55. The summed E-state index contributed by atoms with van der Waals surface area (Å²) in [5.41, 5.74) is 1.64. The van der Waals surface area contributed by atoms with Crippen LogP contribution in [0.5, 0.6) is 5.75 Å². The predicted octanol–water partition coefficient (Wildman–Crippen LogP) is 5.98. The van der Waals surface area contributed by atoms with Gasteiger partial charge in [0.25, 0.3) is 0 Å². The van der Waals surface area contributed by atoms with E-state index in [1.165, 1.54) is 0 Å². The highest BCUT2D eigenvalue weighted by atomic mass is 35.5. The summed E-state index contributed by atoms with van der Waals surface area (Å²) < 4.78 is 5.17. The second-order valence-corrected chi connectivity index (χ2v) is 5.14. The minimum atomic E-state index is 0.338. The quantitative estimate of drug-likeness (QED) is 0.618. The molecule has 5 heteroatoms. The molecule has 0 aliphatic heterocycles. The van der Waals surface area contributed by atoms with E-state index in [4.69, 9.17) is 51.1 Å². The second kappa shape index (κ2) is 5.58. The van der Waals surface area contributed by atoms with Gasteiger partial charge < -0.3 is 4.74 Å². The van der Waals surface area contributed by atoms with Gasteiger partial charge >= 0.3 is 0 Å². The van der Waals surface area contributed by atoms with Gasteiger partial charge in [-0.1, -0.05) is 58.5 Å². The fraction of sp³-hybridized carbons (Fsp3) is 0.0769. The van der Waals surface area contributed by atoms with Crippen LogP contribution in [0.1, 0.15) is 0 Å². The van der Waals surface area contributed by atoms with E-state index in [1.54, 1.807) is 31.4 Å². The van der Waals surface area contributed by atoms with Crippen molar-refractivity contribution in [2.24, 2.45) is 0 Å². The second-order valence-electron chi connectivity index (χ2n) is 3.57. The fourth-order valence-electron chi connectivity index (χ4n) is 1.58. The third-order valence-corrected chi connectivity index (χ3v) is 4.10. The molecular formula is C13H8Cl4O. The van der Waals surface area contributed by atoms with Gasteiger partial charge in [-0.2, -0.15) is 0 Å². The normalized spacial score (nSPS) is 10.5. The van der Waals surface area contributed by atoms with Crippen molar-refractivity contribution in [2.75, 3.05) is 7.11 Å². The van der Waals surface area contributed by atoms with Crippen molar-refractivity contribution in [1.29, 1.82) is 0 Å². The van der Waals surface area contributed by atoms with Gasteiger partial charge in [-0.05, 0) is 23.8 Å². The maximum Gasteiger partial charge on any atom is 0.138 e. The van der Waals surface area contributed by atoms with E-state index in [0.29, 0.717) is 25.8 Å². The zero-order valence-corrected chi connectivity index (χ0v) is 12.3. The lowest BCUT2D eigenvalue weighted by Gasteiger charge is -2.10. The first-order valence-electron chi connectivity index (χ1n) is 5.02. The highest BCUT2D eigenvalue weighted by molar-refractivity contribution is 6.49. The monoisotopic (exact) mass is 320 g/mol. The van der Waals surface area contributed by atoms with Crippen LogP contribution in [0, 0.1) is 0 Å². The number of ether oxygens (including phenoxy) is 1. The zero-order valence-electron chi connectivity index (χ0n) is 9.31. The van der Waals surface area contributed by atoms with Gasteiger partial charge in [-0.15, -0.1) is 0 Å². The highest BCUT2D eigenvalue weighted by Crippen LogP contribution is 2.39. The summed E-state index contributed by atoms with van der Waals surface area (Å²) in [6.07, 6.45) is 0. The van der Waals surface area contributed by atoms with Gasteiger partial charge in [-0.3, -0.25) is 0 Å². The van der Waals surface area contributed by atoms with E-state index >= 15 is 0 Å². The smallest absolute Gasteiger partial charge is 0.138 e. The Hall–Kier alpha value is -0.600. The largest absolute Gasteiger partial charge is 0.495 e. The third-order valence-electron chi connectivity index (χ3n) is 2.50. The summed E-state index contributed by atoms with van der Waals surface area (Å²) in [4.78, 5) is 0. The van der Waals surface area contributed by atoms with Crippen molar-refractivity contribution in [3.05, 3.63) is 50.4 Å². The number of rotatable bonds is 2. The molecule has 0 bridgehead atoms. The van der Waals surface area contributed by atoms with Gasteiger partial charge in [0.15, 0.2) is 0 Å². The van der Waals surface area contributed by atoms with Crippen LogP contribution in [0.3, 0.4) is 0 Å². The molecule has 0 fully saturated rings. The molecule has 0 saturated heterocycles. The molecule has 2 aromatic rings. The molecule has 0 aromatic heterocycles. The van der Waals surface area contributed by atoms with Crippen molar-refractivity contribution in [1.82, 2.24) is 0 Å². The first-order valence-corrected chi connectivity index (χ1v) is 6.53. The number of hydrogen-bond acceptors (Lipinski definition) is 1. The maximum atomic E-state index is 6.18. The Morgan fingerprint density at radius 1 is 0.833 bits per heavy atom. The van der Waals surface area contributed by atoms with Crippen LogP contribution in [0.25, 0.3) is 11.1 Å². The molecule has 2 rings (SSSR count). The average molecular weight is 322 g/mol. The molecule has 0 heterocycles. The first kappa shape index (κ1) is 13.8. The number of benzene rings is 2. The minimum Gasteiger partial charge on any atom is -0.495 e. The minimum absolute atomic E-state index is 0.338. The van der Waals surface area contributed by atoms with E-state index in [9.17, 15) is 0 Å². The summed E-state index contributed by atoms with van der Waals surface area (Å²) in [7, 11) is 1.56. The maximum absolute atomic E-state index is 6.18. The van der Waals surface area contributed by atoms with Gasteiger partial charge in [0, 0.05) is 5.56 Å². The summed E-state index contributed by atoms with van der Waals surface area (Å²) in [6, 6.07) is 8.89. The van der Waals surface area contributed by atoms with E-state index in [2.05, 4.69) is 0 Å².